The van der Waals surface area contributed by atoms with Crippen molar-refractivity contribution in [1.29, 1.82) is 0 Å². The Morgan fingerprint density at radius 3 is 2.47 bits per heavy atom. The van der Waals surface area contributed by atoms with Crippen LogP contribution >= 0.6 is 11.6 Å². The van der Waals surface area contributed by atoms with Crippen LogP contribution in [0, 0.1) is 6.92 Å². The summed E-state index contributed by atoms with van der Waals surface area (Å²) >= 11 is 6.02. The summed E-state index contributed by atoms with van der Waals surface area (Å²) < 4.78 is 1.81. The first kappa shape index (κ1) is 12.3. The molecule has 1 saturated heterocycles. The van der Waals surface area contributed by atoms with E-state index in [-0.39, 0.29) is 5.28 Å². The van der Waals surface area contributed by atoms with Gasteiger partial charge in [0.15, 0.2) is 0 Å². The number of piperidine rings is 1. The van der Waals surface area contributed by atoms with Gasteiger partial charge in [-0.3, -0.25) is 4.57 Å². The Kier molecular flexibility index (Phi) is 3.33. The van der Waals surface area contributed by atoms with E-state index in [0.717, 1.165) is 18.9 Å². The van der Waals surface area contributed by atoms with Crippen molar-refractivity contribution in [2.24, 2.45) is 0 Å². The summed E-state index contributed by atoms with van der Waals surface area (Å²) in [6.45, 7) is 3.85. The topological polar surface area (TPSA) is 59.7 Å². The van der Waals surface area contributed by atoms with E-state index in [1.165, 1.54) is 19.3 Å². The van der Waals surface area contributed by atoms with E-state index in [0.29, 0.717) is 11.9 Å². The Balaban J connectivity index is 1.98. The van der Waals surface area contributed by atoms with E-state index < -0.39 is 0 Å². The fourth-order valence-corrected chi connectivity index (χ4v) is 2.41. The molecule has 19 heavy (non-hydrogen) atoms. The van der Waals surface area contributed by atoms with Crippen LogP contribution in [0.5, 0.6) is 0 Å². The Hall–Kier alpha value is -1.69. The number of rotatable bonds is 2. The van der Waals surface area contributed by atoms with Gasteiger partial charge in [0.2, 0.25) is 17.2 Å². The second-order valence-corrected chi connectivity index (χ2v) is 4.93. The molecule has 1 aliphatic rings. The van der Waals surface area contributed by atoms with Crippen LogP contribution in [0.3, 0.4) is 0 Å². The van der Waals surface area contributed by atoms with Crippen molar-refractivity contribution in [1.82, 2.24) is 24.5 Å². The molecule has 6 nitrogen and oxygen atoms in total. The van der Waals surface area contributed by atoms with Gasteiger partial charge in [0.25, 0.3) is 0 Å². The Bertz CT molecular complexity index is 575. The maximum Gasteiger partial charge on any atom is 0.241 e. The molecule has 0 radical (unpaired) electrons. The minimum atomic E-state index is 0.221. The third-order valence-corrected chi connectivity index (χ3v) is 3.43. The molecule has 1 fully saturated rings. The number of anilines is 1. The summed E-state index contributed by atoms with van der Waals surface area (Å²) in [6, 6.07) is 0. The molecule has 0 spiro atoms. The average molecular weight is 279 g/mol. The van der Waals surface area contributed by atoms with Gasteiger partial charge in [-0.05, 0) is 37.8 Å². The van der Waals surface area contributed by atoms with Crippen molar-refractivity contribution in [2.45, 2.75) is 26.2 Å². The first-order valence-electron chi connectivity index (χ1n) is 6.41. The van der Waals surface area contributed by atoms with Crippen LogP contribution in [0.15, 0.2) is 12.4 Å². The maximum atomic E-state index is 6.02. The van der Waals surface area contributed by atoms with Crippen molar-refractivity contribution >= 4 is 17.5 Å². The van der Waals surface area contributed by atoms with Gasteiger partial charge in [-0.1, -0.05) is 0 Å². The maximum absolute atomic E-state index is 6.02. The van der Waals surface area contributed by atoms with Crippen LogP contribution in [0.25, 0.3) is 5.95 Å². The predicted molar refractivity (Wildman–Crippen MR) is 72.8 cm³/mol. The van der Waals surface area contributed by atoms with Crippen molar-refractivity contribution < 1.29 is 0 Å². The summed E-state index contributed by atoms with van der Waals surface area (Å²) in [5.41, 5.74) is 0. The van der Waals surface area contributed by atoms with Gasteiger partial charge in [0.05, 0.1) is 0 Å². The molecule has 2 aromatic heterocycles. The molecule has 0 aliphatic carbocycles. The number of hydrogen-bond donors (Lipinski definition) is 0. The highest BCUT2D eigenvalue weighted by atomic mass is 35.5. The Morgan fingerprint density at radius 1 is 1.05 bits per heavy atom. The molecule has 7 heteroatoms. The zero-order valence-electron chi connectivity index (χ0n) is 10.8. The van der Waals surface area contributed by atoms with E-state index in [1.54, 1.807) is 10.8 Å². The zero-order valence-corrected chi connectivity index (χ0v) is 11.5. The molecule has 100 valence electrons. The van der Waals surface area contributed by atoms with E-state index in [4.69, 9.17) is 11.6 Å². The molecule has 0 aromatic carbocycles. The monoisotopic (exact) mass is 278 g/mol. The highest BCUT2D eigenvalue weighted by Gasteiger charge is 2.16. The number of hydrogen-bond acceptors (Lipinski definition) is 5. The molecule has 0 atom stereocenters. The van der Waals surface area contributed by atoms with Crippen molar-refractivity contribution in [3.63, 3.8) is 0 Å². The third kappa shape index (κ3) is 2.53. The Morgan fingerprint density at radius 2 is 1.79 bits per heavy atom. The summed E-state index contributed by atoms with van der Waals surface area (Å²) in [6.07, 6.45) is 7.14. The smallest absolute Gasteiger partial charge is 0.241 e. The normalized spacial score (nSPS) is 15.8. The Labute approximate surface area is 116 Å². The standard InChI is InChI=1S/C12H15ClN6/c1-9-14-5-8-19(9)12-16-10(13)15-11(17-12)18-6-3-2-4-7-18/h5,8H,2-4,6-7H2,1H3. The van der Waals surface area contributed by atoms with E-state index in [2.05, 4.69) is 24.8 Å². The fourth-order valence-electron chi connectivity index (χ4n) is 2.26. The van der Waals surface area contributed by atoms with Crippen LogP contribution in [0.4, 0.5) is 5.95 Å². The zero-order chi connectivity index (χ0) is 13.2. The second-order valence-electron chi connectivity index (χ2n) is 4.60. The minimum absolute atomic E-state index is 0.221. The molecule has 0 saturated carbocycles. The molecule has 3 heterocycles. The van der Waals surface area contributed by atoms with Gasteiger partial charge in [-0.25, -0.2) is 4.98 Å². The molecule has 2 aromatic rings. The lowest BCUT2D eigenvalue weighted by molar-refractivity contribution is 0.566. The summed E-state index contributed by atoms with van der Waals surface area (Å²) in [5, 5.41) is 0.221. The minimum Gasteiger partial charge on any atom is -0.341 e. The number of imidazole rings is 1. The van der Waals surface area contributed by atoms with Gasteiger partial charge in [-0.15, -0.1) is 0 Å². The second kappa shape index (κ2) is 5.13. The summed E-state index contributed by atoms with van der Waals surface area (Å²) in [5.74, 6) is 2.00. The molecule has 0 unspecified atom stereocenters. The van der Waals surface area contributed by atoms with Crippen molar-refractivity contribution in [2.75, 3.05) is 18.0 Å². The van der Waals surface area contributed by atoms with Gasteiger partial charge < -0.3 is 4.90 Å². The van der Waals surface area contributed by atoms with Crippen LogP contribution < -0.4 is 4.90 Å². The lowest BCUT2D eigenvalue weighted by Crippen LogP contribution is -2.31. The van der Waals surface area contributed by atoms with Crippen LogP contribution in [-0.4, -0.2) is 37.6 Å². The van der Waals surface area contributed by atoms with E-state index in [9.17, 15) is 0 Å². The van der Waals surface area contributed by atoms with Crippen LogP contribution in [0.1, 0.15) is 25.1 Å². The van der Waals surface area contributed by atoms with Crippen molar-refractivity contribution in [3.8, 4) is 5.95 Å². The van der Waals surface area contributed by atoms with E-state index in [1.807, 2.05) is 13.1 Å². The SMILES string of the molecule is Cc1nccn1-c1nc(Cl)nc(N2CCCCC2)n1. The van der Waals surface area contributed by atoms with Gasteiger partial charge >= 0.3 is 0 Å². The highest BCUT2D eigenvalue weighted by molar-refractivity contribution is 6.28. The first-order valence-corrected chi connectivity index (χ1v) is 6.79. The first-order chi connectivity index (χ1) is 9.24. The molecule has 3 rings (SSSR count). The number of nitrogens with zero attached hydrogens (tertiary/aromatic N) is 6. The van der Waals surface area contributed by atoms with Crippen LogP contribution in [-0.2, 0) is 0 Å². The summed E-state index contributed by atoms with van der Waals surface area (Å²) in [7, 11) is 0. The molecular weight excluding hydrogens is 264 g/mol. The number of halogens is 1. The number of aryl methyl sites for hydroxylation is 1. The highest BCUT2D eigenvalue weighted by Crippen LogP contribution is 2.18. The van der Waals surface area contributed by atoms with Gasteiger partial charge in [0.1, 0.15) is 5.82 Å². The van der Waals surface area contributed by atoms with E-state index >= 15 is 0 Å². The van der Waals surface area contributed by atoms with Gasteiger partial charge in [-0.2, -0.15) is 15.0 Å². The molecule has 0 amide bonds. The van der Waals surface area contributed by atoms with Crippen LogP contribution in [0.2, 0.25) is 5.28 Å². The van der Waals surface area contributed by atoms with Gasteiger partial charge in [0, 0.05) is 25.5 Å². The average Bonchev–Trinajstić information content (AvgIpc) is 2.85. The lowest BCUT2D eigenvalue weighted by Gasteiger charge is -2.26. The third-order valence-electron chi connectivity index (χ3n) is 3.26. The largest absolute Gasteiger partial charge is 0.341 e. The quantitative estimate of drug-likeness (QED) is 0.841. The molecule has 0 N–H and O–H groups in total. The summed E-state index contributed by atoms with van der Waals surface area (Å²) in [4.78, 5) is 19.2. The predicted octanol–water partition coefficient (Wildman–Crippen LogP) is 2.01. The molecule has 1 aliphatic heterocycles. The number of aromatic nitrogens is 5. The molecular formula is C12H15ClN6. The fraction of sp³-hybridized carbons (Fsp3) is 0.500. The molecule has 0 bridgehead atoms. The lowest BCUT2D eigenvalue weighted by atomic mass is 10.1. The van der Waals surface area contributed by atoms with Crippen molar-refractivity contribution in [3.05, 3.63) is 23.5 Å².